The van der Waals surface area contributed by atoms with Crippen LogP contribution in [0.15, 0.2) is 0 Å². The van der Waals surface area contributed by atoms with Crippen LogP contribution in [0.1, 0.15) is 187 Å². The van der Waals surface area contributed by atoms with Gasteiger partial charge in [0.25, 0.3) is 0 Å². The van der Waals surface area contributed by atoms with Gasteiger partial charge < -0.3 is 5.11 Å². The quantitative estimate of drug-likeness (QED) is 0.0918. The van der Waals surface area contributed by atoms with Crippen LogP contribution in [-0.2, 0) is 4.79 Å². The Balaban J connectivity index is 0. The second-order valence-electron chi connectivity index (χ2n) is 10.6. The van der Waals surface area contributed by atoms with Crippen LogP contribution in [-0.4, -0.2) is 39.0 Å². The second kappa shape index (κ2) is 35.6. The third-order valence-corrected chi connectivity index (χ3v) is 7.66. The predicted octanol–water partition coefficient (Wildman–Crippen LogP) is 11.2. The van der Waals surface area contributed by atoms with Gasteiger partial charge in [-0.1, -0.05) is 104 Å². The molecule has 0 amide bonds. The van der Waals surface area contributed by atoms with E-state index in [1.54, 1.807) is 0 Å². The maximum absolute atomic E-state index is 10.3. The number of aliphatic carboxylic acids is 1. The van der Waals surface area contributed by atoms with Crippen molar-refractivity contribution in [1.29, 1.82) is 0 Å². The standard InChI is InChI=1S/C18H36O2.C13H27.Na/c1-2-3-4-5-6-7-8-9-10-11-12-13-14-15-16-17-18(19)20;1-3-5-7-9-11-13-12-10-8-6-4-2;/h2-17H2,1H3,(H,19,20);1,3-13H2,2H3;. The number of carbonyl (C=O) groups is 1. The topological polar surface area (TPSA) is 37.3 Å². The summed E-state index contributed by atoms with van der Waals surface area (Å²) in [6.07, 6.45) is 36.4. The fourth-order valence-electron chi connectivity index (χ4n) is 4.56. The monoisotopic (exact) mass is 490 g/mol. The molecule has 0 aliphatic carbocycles. The van der Waals surface area contributed by atoms with Crippen LogP contribution in [0.25, 0.3) is 0 Å². The normalized spacial score (nSPS) is 10.8. The van der Waals surface area contributed by atoms with Crippen LogP contribution in [0, 0.1) is 0 Å². The minimum atomic E-state index is -0.653. The van der Waals surface area contributed by atoms with Gasteiger partial charge in [-0.2, -0.15) is 0 Å². The van der Waals surface area contributed by atoms with Crippen molar-refractivity contribution in [2.45, 2.75) is 191 Å². The van der Waals surface area contributed by atoms with Gasteiger partial charge in [-0.25, -0.2) is 0 Å². The van der Waals surface area contributed by atoms with Crippen molar-refractivity contribution < 1.29 is 9.90 Å². The predicted molar refractivity (Wildman–Crippen MR) is 154 cm³/mol. The molecular formula is C31H63NaO2. The molecule has 0 spiro atoms. The first kappa shape index (κ1) is 36.6. The first-order chi connectivity index (χ1) is 16.7. The fraction of sp³-hybridized carbons (Fsp3) is 0.968. The average molecular weight is 491 g/mol. The third-order valence-electron chi connectivity index (χ3n) is 6.95. The van der Waals surface area contributed by atoms with E-state index in [0.717, 1.165) is 12.8 Å². The molecule has 0 fully saturated rings. The van der Waals surface area contributed by atoms with Gasteiger partial charge >= 0.3 is 108 Å². The van der Waals surface area contributed by atoms with Crippen molar-refractivity contribution in [3.8, 4) is 0 Å². The van der Waals surface area contributed by atoms with Gasteiger partial charge in [-0.15, -0.1) is 0 Å². The Labute approximate surface area is 233 Å². The molecule has 1 N–H and O–H groups in total. The van der Waals surface area contributed by atoms with Crippen molar-refractivity contribution in [2.75, 3.05) is 0 Å². The number of unbranched alkanes of at least 4 members (excludes halogenated alkanes) is 24. The van der Waals surface area contributed by atoms with Gasteiger partial charge in [0, 0.05) is 6.42 Å². The van der Waals surface area contributed by atoms with Crippen molar-refractivity contribution in [2.24, 2.45) is 0 Å². The molecule has 0 heterocycles. The molecule has 0 saturated heterocycles. The van der Waals surface area contributed by atoms with E-state index in [-0.39, 0.29) is 0 Å². The third kappa shape index (κ3) is 39.7. The molecule has 0 aromatic rings. The van der Waals surface area contributed by atoms with Crippen LogP contribution >= 0.6 is 0 Å². The SMILES string of the molecule is CCCCCCCCCCCCCCCCCC(=O)O.CCCCCCCCCCCC[CH2][Na]. The average Bonchev–Trinajstić information content (AvgIpc) is 2.83. The van der Waals surface area contributed by atoms with Crippen LogP contribution in [0.3, 0.4) is 0 Å². The summed E-state index contributed by atoms with van der Waals surface area (Å²) in [5.74, 6) is -0.653. The molecule has 0 bridgehead atoms. The van der Waals surface area contributed by atoms with Crippen LogP contribution in [0.2, 0.25) is 3.67 Å². The molecule has 200 valence electrons. The Morgan fingerprint density at radius 2 is 0.676 bits per heavy atom. The van der Waals surface area contributed by atoms with Gasteiger partial charge in [0.15, 0.2) is 0 Å². The van der Waals surface area contributed by atoms with E-state index in [1.165, 1.54) is 186 Å². The zero-order valence-electron chi connectivity index (χ0n) is 24.2. The summed E-state index contributed by atoms with van der Waals surface area (Å²) >= 11 is 1.41. The molecule has 0 aliphatic rings. The minimum absolute atomic E-state index is 0.345. The van der Waals surface area contributed by atoms with Gasteiger partial charge in [-0.05, 0) is 6.42 Å². The zero-order chi connectivity index (χ0) is 25.4. The summed E-state index contributed by atoms with van der Waals surface area (Å²) in [7, 11) is 0. The number of rotatable bonds is 27. The van der Waals surface area contributed by atoms with Crippen molar-refractivity contribution in [1.82, 2.24) is 0 Å². The number of carboxylic acid groups (broad SMARTS) is 1. The van der Waals surface area contributed by atoms with Gasteiger partial charge in [-0.3, -0.25) is 4.79 Å². The molecule has 0 unspecified atom stereocenters. The molecule has 0 aromatic heterocycles. The van der Waals surface area contributed by atoms with Crippen LogP contribution in [0.5, 0.6) is 0 Å². The van der Waals surface area contributed by atoms with E-state index in [2.05, 4.69) is 13.8 Å². The first-order valence-electron chi connectivity index (χ1n) is 15.9. The van der Waals surface area contributed by atoms with E-state index >= 15 is 0 Å². The summed E-state index contributed by atoms with van der Waals surface area (Å²) < 4.78 is 1.51. The zero-order valence-corrected chi connectivity index (χ0v) is 26.2. The van der Waals surface area contributed by atoms with Crippen LogP contribution < -0.4 is 0 Å². The van der Waals surface area contributed by atoms with Crippen molar-refractivity contribution in [3.05, 3.63) is 0 Å². The van der Waals surface area contributed by atoms with E-state index in [0.29, 0.717) is 6.42 Å². The van der Waals surface area contributed by atoms with Crippen molar-refractivity contribution in [3.63, 3.8) is 0 Å². The molecule has 0 aromatic carbocycles. The molecule has 2 nitrogen and oxygen atoms in total. The first-order valence-corrected chi connectivity index (χ1v) is 17.3. The van der Waals surface area contributed by atoms with Crippen LogP contribution in [0.4, 0.5) is 0 Å². The van der Waals surface area contributed by atoms with Gasteiger partial charge in [0.1, 0.15) is 0 Å². The van der Waals surface area contributed by atoms with E-state index in [4.69, 9.17) is 5.11 Å². The molecule has 0 aliphatic heterocycles. The summed E-state index contributed by atoms with van der Waals surface area (Å²) in [5, 5.41) is 8.52. The number of carboxylic acids is 1. The van der Waals surface area contributed by atoms with Gasteiger partial charge in [0.2, 0.25) is 0 Å². The Kier molecular flexibility index (Phi) is 38.4. The van der Waals surface area contributed by atoms with Gasteiger partial charge in [0.05, 0.1) is 0 Å². The Morgan fingerprint density at radius 1 is 0.441 bits per heavy atom. The Bertz CT molecular complexity index is 347. The van der Waals surface area contributed by atoms with Crippen molar-refractivity contribution >= 4 is 33.9 Å². The molecule has 0 saturated carbocycles. The number of hydrogen-bond acceptors (Lipinski definition) is 1. The molecule has 0 rings (SSSR count). The fourth-order valence-corrected chi connectivity index (χ4v) is 5.06. The van der Waals surface area contributed by atoms with E-state index in [1.807, 2.05) is 0 Å². The molecule has 0 atom stereocenters. The maximum atomic E-state index is 10.3. The summed E-state index contributed by atoms with van der Waals surface area (Å²) in [5.41, 5.74) is 0. The Morgan fingerprint density at radius 3 is 0.912 bits per heavy atom. The van der Waals surface area contributed by atoms with E-state index in [9.17, 15) is 4.79 Å². The molecular weight excluding hydrogens is 427 g/mol. The number of hydrogen-bond donors (Lipinski definition) is 1. The second-order valence-corrected chi connectivity index (χ2v) is 11.6. The Hall–Kier alpha value is 0.470. The van der Waals surface area contributed by atoms with E-state index < -0.39 is 5.97 Å². The summed E-state index contributed by atoms with van der Waals surface area (Å²) in [6, 6.07) is 0. The molecule has 34 heavy (non-hydrogen) atoms. The summed E-state index contributed by atoms with van der Waals surface area (Å²) in [6.45, 7) is 4.56. The molecule has 3 heteroatoms. The summed E-state index contributed by atoms with van der Waals surface area (Å²) in [4.78, 5) is 10.3. The molecule has 0 radical (unpaired) electrons.